The van der Waals surface area contributed by atoms with Gasteiger partial charge in [-0.1, -0.05) is 19.1 Å². The zero-order valence-electron chi connectivity index (χ0n) is 17.0. The molecule has 0 saturated heterocycles. The van der Waals surface area contributed by atoms with Gasteiger partial charge in [-0.2, -0.15) is 13.2 Å². The minimum absolute atomic E-state index is 0.0799. The monoisotopic (exact) mass is 460 g/mol. The Morgan fingerprint density at radius 3 is 2.69 bits per heavy atom. The van der Waals surface area contributed by atoms with Crippen LogP contribution in [0.4, 0.5) is 30.2 Å². The largest absolute Gasteiger partial charge is 0.443 e. The fourth-order valence-corrected chi connectivity index (χ4v) is 4.21. The summed E-state index contributed by atoms with van der Waals surface area (Å²) in [5.74, 6) is -0.741. The van der Waals surface area contributed by atoms with Crippen LogP contribution in [-0.2, 0) is 12.7 Å². The highest BCUT2D eigenvalue weighted by Crippen LogP contribution is 2.38. The van der Waals surface area contributed by atoms with Gasteiger partial charge in [0.2, 0.25) is 0 Å². The first-order valence-electron chi connectivity index (χ1n) is 9.90. The van der Waals surface area contributed by atoms with Gasteiger partial charge in [-0.05, 0) is 36.8 Å². The molecule has 2 aromatic carbocycles. The second kappa shape index (κ2) is 8.62. The van der Waals surface area contributed by atoms with Crippen LogP contribution in [0.25, 0.3) is 0 Å². The minimum Gasteiger partial charge on any atom is -0.347 e. The third-order valence-electron chi connectivity index (χ3n) is 4.90. The number of carbonyl (C=O) groups excluding carboxylic acids is 2. The van der Waals surface area contributed by atoms with Crippen molar-refractivity contribution in [3.8, 4) is 0 Å². The molecule has 1 aliphatic rings. The smallest absolute Gasteiger partial charge is 0.347 e. The van der Waals surface area contributed by atoms with E-state index in [4.69, 9.17) is 0 Å². The first kappa shape index (κ1) is 21.8. The van der Waals surface area contributed by atoms with Crippen LogP contribution in [0, 0.1) is 0 Å². The van der Waals surface area contributed by atoms with E-state index in [1.165, 1.54) is 0 Å². The maximum Gasteiger partial charge on any atom is 0.443 e. The topological polar surface area (TPSA) is 74.3 Å². The third kappa shape index (κ3) is 4.31. The van der Waals surface area contributed by atoms with Crippen molar-refractivity contribution in [2.75, 3.05) is 16.8 Å². The molecule has 1 aliphatic heterocycles. The molecular formula is C22H19F3N4O2S. The van der Waals surface area contributed by atoms with Crippen LogP contribution < -0.4 is 15.5 Å². The van der Waals surface area contributed by atoms with Crippen molar-refractivity contribution in [1.82, 2.24) is 10.3 Å². The van der Waals surface area contributed by atoms with Crippen LogP contribution in [-0.4, -0.2) is 23.3 Å². The van der Waals surface area contributed by atoms with Gasteiger partial charge in [0.15, 0.2) is 5.01 Å². The number of fused-ring (bicyclic) bond motifs is 2. The molecule has 10 heteroatoms. The van der Waals surface area contributed by atoms with Crippen LogP contribution in [0.5, 0.6) is 0 Å². The lowest BCUT2D eigenvalue weighted by molar-refractivity contribution is -0.137. The van der Waals surface area contributed by atoms with Crippen LogP contribution in [0.3, 0.4) is 0 Å². The lowest BCUT2D eigenvalue weighted by Crippen LogP contribution is -2.23. The molecule has 3 aromatic rings. The Bertz CT molecular complexity index is 1180. The molecule has 166 valence electrons. The molecule has 0 aliphatic carbocycles. The van der Waals surface area contributed by atoms with E-state index < -0.39 is 17.1 Å². The van der Waals surface area contributed by atoms with Crippen molar-refractivity contribution in [2.24, 2.45) is 0 Å². The number of aromatic nitrogens is 1. The van der Waals surface area contributed by atoms with E-state index in [2.05, 4.69) is 15.6 Å². The van der Waals surface area contributed by atoms with E-state index in [1.807, 2.05) is 24.0 Å². The Labute approximate surface area is 186 Å². The van der Waals surface area contributed by atoms with Gasteiger partial charge in [0, 0.05) is 23.2 Å². The van der Waals surface area contributed by atoms with Gasteiger partial charge >= 0.3 is 6.18 Å². The SMILES string of the molecule is CCCN1c2ccc(C(=O)NCc3cnc(C(F)(F)F)s3)cc2NC(=O)c2ccccc21. The lowest BCUT2D eigenvalue weighted by Gasteiger charge is -2.25. The molecule has 0 spiro atoms. The molecule has 6 nitrogen and oxygen atoms in total. The highest BCUT2D eigenvalue weighted by Gasteiger charge is 2.34. The summed E-state index contributed by atoms with van der Waals surface area (Å²) >= 11 is 0.487. The molecule has 32 heavy (non-hydrogen) atoms. The number of hydrogen-bond donors (Lipinski definition) is 2. The summed E-state index contributed by atoms with van der Waals surface area (Å²) in [6.07, 6.45) is -2.56. The normalized spacial score (nSPS) is 13.1. The minimum atomic E-state index is -4.51. The molecule has 2 N–H and O–H groups in total. The second-order valence-electron chi connectivity index (χ2n) is 7.17. The fourth-order valence-electron chi connectivity index (χ4n) is 3.49. The highest BCUT2D eigenvalue weighted by atomic mass is 32.1. The van der Waals surface area contributed by atoms with E-state index >= 15 is 0 Å². The number of thiazole rings is 1. The molecule has 1 aromatic heterocycles. The first-order chi connectivity index (χ1) is 15.3. The van der Waals surface area contributed by atoms with Crippen molar-refractivity contribution in [2.45, 2.75) is 26.1 Å². The van der Waals surface area contributed by atoms with E-state index in [9.17, 15) is 22.8 Å². The number of carbonyl (C=O) groups is 2. The molecule has 0 atom stereocenters. The number of alkyl halides is 3. The van der Waals surface area contributed by atoms with Crippen molar-refractivity contribution in [1.29, 1.82) is 0 Å². The quantitative estimate of drug-likeness (QED) is 0.549. The molecule has 2 heterocycles. The molecule has 0 bridgehead atoms. The molecule has 2 amide bonds. The number of para-hydroxylation sites is 1. The second-order valence-corrected chi connectivity index (χ2v) is 8.28. The van der Waals surface area contributed by atoms with Gasteiger partial charge in [-0.15, -0.1) is 11.3 Å². The third-order valence-corrected chi connectivity index (χ3v) is 5.95. The molecule has 0 saturated carbocycles. The van der Waals surface area contributed by atoms with Crippen molar-refractivity contribution >= 4 is 40.2 Å². The maximum absolute atomic E-state index is 12.8. The average molecular weight is 460 g/mol. The van der Waals surface area contributed by atoms with Crippen molar-refractivity contribution in [3.05, 3.63) is 69.7 Å². The summed E-state index contributed by atoms with van der Waals surface area (Å²) in [6.45, 7) is 2.63. The van der Waals surface area contributed by atoms with E-state index in [0.717, 1.165) is 24.0 Å². The van der Waals surface area contributed by atoms with Gasteiger partial charge in [-0.3, -0.25) is 9.59 Å². The number of halogens is 3. The number of nitrogens with one attached hydrogen (secondary N) is 2. The van der Waals surface area contributed by atoms with Crippen molar-refractivity contribution in [3.63, 3.8) is 0 Å². The van der Waals surface area contributed by atoms with Crippen LogP contribution >= 0.6 is 11.3 Å². The van der Waals surface area contributed by atoms with Gasteiger partial charge in [0.25, 0.3) is 11.8 Å². The lowest BCUT2D eigenvalue weighted by atomic mass is 10.1. The Hall–Kier alpha value is -3.40. The summed E-state index contributed by atoms with van der Waals surface area (Å²) in [4.78, 5) is 31.0. The van der Waals surface area contributed by atoms with E-state index in [0.29, 0.717) is 34.0 Å². The Morgan fingerprint density at radius 1 is 1.19 bits per heavy atom. The number of nitrogens with zero attached hydrogens (tertiary/aromatic N) is 2. The van der Waals surface area contributed by atoms with Crippen molar-refractivity contribution < 1.29 is 22.8 Å². The Kier molecular flexibility index (Phi) is 5.88. The average Bonchev–Trinajstić information content (AvgIpc) is 3.22. The summed E-state index contributed by atoms with van der Waals surface area (Å²) in [5.41, 5.74) is 2.86. The van der Waals surface area contributed by atoms with Gasteiger partial charge in [0.05, 0.1) is 29.2 Å². The number of benzene rings is 2. The molecular weight excluding hydrogens is 441 g/mol. The maximum atomic E-state index is 12.8. The summed E-state index contributed by atoms with van der Waals surface area (Å²) < 4.78 is 38.1. The standard InChI is InChI=1S/C22H19F3N4O2S/c1-2-9-29-17-6-4-3-5-15(17)20(31)28-16-10-13(7-8-18(16)29)19(30)26-11-14-12-27-21(32-14)22(23,24)25/h3-8,10,12H,2,9,11H2,1H3,(H,26,30)(H,28,31). The number of rotatable bonds is 5. The summed E-state index contributed by atoms with van der Waals surface area (Å²) in [6, 6.07) is 12.3. The van der Waals surface area contributed by atoms with Crippen LogP contribution in [0.1, 0.15) is 43.9 Å². The molecule has 0 radical (unpaired) electrons. The van der Waals surface area contributed by atoms with Crippen LogP contribution in [0.2, 0.25) is 0 Å². The molecule has 4 rings (SSSR count). The van der Waals surface area contributed by atoms with Gasteiger partial charge in [-0.25, -0.2) is 4.98 Å². The Morgan fingerprint density at radius 2 is 1.97 bits per heavy atom. The molecule has 0 unspecified atom stereocenters. The highest BCUT2D eigenvalue weighted by molar-refractivity contribution is 7.11. The van der Waals surface area contributed by atoms with Crippen LogP contribution in [0.15, 0.2) is 48.7 Å². The first-order valence-corrected chi connectivity index (χ1v) is 10.7. The van der Waals surface area contributed by atoms with Gasteiger partial charge < -0.3 is 15.5 Å². The number of hydrogen-bond acceptors (Lipinski definition) is 5. The predicted molar refractivity (Wildman–Crippen MR) is 116 cm³/mol. The fraction of sp³-hybridized carbons (Fsp3) is 0.227. The Balaban J connectivity index is 1.57. The number of amides is 2. The zero-order valence-corrected chi connectivity index (χ0v) is 17.8. The zero-order chi connectivity index (χ0) is 22.9. The van der Waals surface area contributed by atoms with Gasteiger partial charge in [0.1, 0.15) is 0 Å². The number of anilines is 3. The van der Waals surface area contributed by atoms with E-state index in [-0.39, 0.29) is 18.0 Å². The summed E-state index contributed by atoms with van der Waals surface area (Å²) in [5, 5.41) is 4.51. The summed E-state index contributed by atoms with van der Waals surface area (Å²) in [7, 11) is 0. The molecule has 0 fully saturated rings. The van der Waals surface area contributed by atoms with E-state index in [1.54, 1.807) is 30.3 Å². The predicted octanol–water partition coefficient (Wildman–Crippen LogP) is 5.21.